The fourth-order valence-corrected chi connectivity index (χ4v) is 2.18. The van der Waals surface area contributed by atoms with E-state index in [2.05, 4.69) is 26.2 Å². The predicted molar refractivity (Wildman–Crippen MR) is 70.7 cm³/mol. The predicted octanol–water partition coefficient (Wildman–Crippen LogP) is 2.36. The molecule has 1 N–H and O–H groups in total. The number of anilines is 1. The third-order valence-corrected chi connectivity index (χ3v) is 3.36. The number of halogens is 1. The molecular formula is C12H15BrN2O3. The quantitative estimate of drug-likeness (QED) is 0.930. The van der Waals surface area contributed by atoms with Gasteiger partial charge in [-0.3, -0.25) is 4.79 Å². The SMILES string of the molecule is COc1cc(NC(=O)C2CCCCO2)ncc1Br. The summed E-state index contributed by atoms with van der Waals surface area (Å²) in [6.07, 6.45) is 4.04. The van der Waals surface area contributed by atoms with Crippen LogP contribution in [0.3, 0.4) is 0 Å². The molecule has 2 rings (SSSR count). The largest absolute Gasteiger partial charge is 0.495 e. The summed E-state index contributed by atoms with van der Waals surface area (Å²) in [5.74, 6) is 0.950. The third kappa shape index (κ3) is 3.20. The number of hydrogen-bond acceptors (Lipinski definition) is 4. The number of rotatable bonds is 3. The lowest BCUT2D eigenvalue weighted by atomic mass is 10.1. The summed E-state index contributed by atoms with van der Waals surface area (Å²) in [6.45, 7) is 0.648. The van der Waals surface area contributed by atoms with Crippen molar-refractivity contribution in [3.8, 4) is 5.75 Å². The highest BCUT2D eigenvalue weighted by atomic mass is 79.9. The number of ether oxygens (including phenoxy) is 2. The second-order valence-corrected chi connectivity index (χ2v) is 4.90. The van der Waals surface area contributed by atoms with Gasteiger partial charge >= 0.3 is 0 Å². The number of nitrogens with zero attached hydrogens (tertiary/aromatic N) is 1. The summed E-state index contributed by atoms with van der Waals surface area (Å²) < 4.78 is 11.3. The molecule has 0 bridgehead atoms. The Labute approximate surface area is 114 Å². The number of methoxy groups -OCH3 is 1. The van der Waals surface area contributed by atoms with Gasteiger partial charge in [-0.25, -0.2) is 4.98 Å². The molecule has 0 spiro atoms. The van der Waals surface area contributed by atoms with Gasteiger partial charge in [-0.1, -0.05) is 0 Å². The molecule has 0 aromatic carbocycles. The molecule has 0 radical (unpaired) electrons. The maximum Gasteiger partial charge on any atom is 0.254 e. The van der Waals surface area contributed by atoms with Gasteiger partial charge in [0.05, 0.1) is 11.6 Å². The Bertz CT molecular complexity index is 433. The van der Waals surface area contributed by atoms with Crippen molar-refractivity contribution in [3.05, 3.63) is 16.7 Å². The molecule has 98 valence electrons. The van der Waals surface area contributed by atoms with E-state index in [4.69, 9.17) is 9.47 Å². The maximum absolute atomic E-state index is 11.9. The van der Waals surface area contributed by atoms with E-state index in [9.17, 15) is 4.79 Å². The first kappa shape index (κ1) is 13.3. The van der Waals surface area contributed by atoms with Gasteiger partial charge in [0, 0.05) is 18.9 Å². The van der Waals surface area contributed by atoms with Gasteiger partial charge in [0.1, 0.15) is 17.7 Å². The monoisotopic (exact) mass is 314 g/mol. The van der Waals surface area contributed by atoms with Crippen molar-refractivity contribution in [2.24, 2.45) is 0 Å². The summed E-state index contributed by atoms with van der Waals surface area (Å²) in [6, 6.07) is 1.67. The Kier molecular flexibility index (Phi) is 4.54. The lowest BCUT2D eigenvalue weighted by Crippen LogP contribution is -2.33. The lowest BCUT2D eigenvalue weighted by Gasteiger charge is -2.21. The summed E-state index contributed by atoms with van der Waals surface area (Å²) in [7, 11) is 1.57. The minimum Gasteiger partial charge on any atom is -0.495 e. The van der Waals surface area contributed by atoms with Gasteiger partial charge in [-0.15, -0.1) is 0 Å². The van der Waals surface area contributed by atoms with Gasteiger partial charge in [-0.05, 0) is 35.2 Å². The molecule has 1 atom stereocenters. The topological polar surface area (TPSA) is 60.5 Å². The minimum atomic E-state index is -0.366. The molecule has 1 aromatic rings. The molecule has 1 aliphatic rings. The van der Waals surface area contributed by atoms with E-state index >= 15 is 0 Å². The van der Waals surface area contributed by atoms with Crippen molar-refractivity contribution in [1.29, 1.82) is 0 Å². The van der Waals surface area contributed by atoms with E-state index in [0.29, 0.717) is 18.2 Å². The van der Waals surface area contributed by atoms with Crippen LogP contribution < -0.4 is 10.1 Å². The summed E-state index contributed by atoms with van der Waals surface area (Å²) in [5.41, 5.74) is 0. The molecule has 2 heterocycles. The smallest absolute Gasteiger partial charge is 0.254 e. The second-order valence-electron chi connectivity index (χ2n) is 4.05. The molecule has 18 heavy (non-hydrogen) atoms. The zero-order valence-electron chi connectivity index (χ0n) is 10.1. The first-order valence-corrected chi connectivity index (χ1v) is 6.62. The third-order valence-electron chi connectivity index (χ3n) is 2.76. The highest BCUT2D eigenvalue weighted by Crippen LogP contribution is 2.26. The van der Waals surface area contributed by atoms with Crippen LogP contribution in [0.5, 0.6) is 5.75 Å². The number of amides is 1. The zero-order valence-corrected chi connectivity index (χ0v) is 11.7. The zero-order chi connectivity index (χ0) is 13.0. The van der Waals surface area contributed by atoms with Crippen LogP contribution in [-0.2, 0) is 9.53 Å². The number of hydrogen-bond donors (Lipinski definition) is 1. The molecule has 1 aliphatic heterocycles. The number of aromatic nitrogens is 1. The number of carbonyl (C=O) groups is 1. The van der Waals surface area contributed by atoms with E-state index in [1.807, 2.05) is 0 Å². The molecule has 1 saturated heterocycles. The number of pyridine rings is 1. The molecule has 6 heteroatoms. The van der Waals surface area contributed by atoms with Gasteiger partial charge in [0.2, 0.25) is 0 Å². The maximum atomic E-state index is 11.9. The van der Waals surface area contributed by atoms with Crippen molar-refractivity contribution in [1.82, 2.24) is 4.98 Å². The Morgan fingerprint density at radius 1 is 1.61 bits per heavy atom. The van der Waals surface area contributed by atoms with E-state index < -0.39 is 0 Å². The van der Waals surface area contributed by atoms with E-state index in [1.165, 1.54) is 0 Å². The van der Waals surface area contributed by atoms with Crippen molar-refractivity contribution in [3.63, 3.8) is 0 Å². The Morgan fingerprint density at radius 2 is 2.44 bits per heavy atom. The van der Waals surface area contributed by atoms with Crippen LogP contribution in [-0.4, -0.2) is 30.7 Å². The Balaban J connectivity index is 2.02. The Hall–Kier alpha value is -1.14. The van der Waals surface area contributed by atoms with Crippen LogP contribution in [0.4, 0.5) is 5.82 Å². The molecule has 1 aromatic heterocycles. The van der Waals surface area contributed by atoms with Crippen molar-refractivity contribution >= 4 is 27.7 Å². The molecule has 1 unspecified atom stereocenters. The number of carbonyl (C=O) groups excluding carboxylic acids is 1. The summed E-state index contributed by atoms with van der Waals surface area (Å²) in [4.78, 5) is 16.0. The second kappa shape index (κ2) is 6.15. The summed E-state index contributed by atoms with van der Waals surface area (Å²) in [5, 5.41) is 2.74. The van der Waals surface area contributed by atoms with Crippen LogP contribution >= 0.6 is 15.9 Å². The molecule has 1 amide bonds. The van der Waals surface area contributed by atoms with E-state index in [-0.39, 0.29) is 12.0 Å². The molecule has 1 fully saturated rings. The lowest BCUT2D eigenvalue weighted by molar-refractivity contribution is -0.130. The van der Waals surface area contributed by atoms with Gasteiger partial charge in [0.25, 0.3) is 5.91 Å². The Morgan fingerprint density at radius 3 is 3.11 bits per heavy atom. The van der Waals surface area contributed by atoms with Crippen LogP contribution in [0.2, 0.25) is 0 Å². The van der Waals surface area contributed by atoms with Crippen LogP contribution in [0.1, 0.15) is 19.3 Å². The average Bonchev–Trinajstić information content (AvgIpc) is 2.42. The fraction of sp³-hybridized carbons (Fsp3) is 0.500. The van der Waals surface area contributed by atoms with E-state index in [0.717, 1.165) is 23.7 Å². The van der Waals surface area contributed by atoms with Crippen molar-refractivity contribution < 1.29 is 14.3 Å². The number of nitrogens with one attached hydrogen (secondary N) is 1. The van der Waals surface area contributed by atoms with Gasteiger partial charge < -0.3 is 14.8 Å². The normalized spacial score (nSPS) is 19.3. The van der Waals surface area contributed by atoms with Crippen LogP contribution in [0, 0.1) is 0 Å². The molecule has 0 saturated carbocycles. The van der Waals surface area contributed by atoms with E-state index in [1.54, 1.807) is 19.4 Å². The van der Waals surface area contributed by atoms with Gasteiger partial charge in [0.15, 0.2) is 0 Å². The van der Waals surface area contributed by atoms with Crippen molar-refractivity contribution in [2.75, 3.05) is 19.0 Å². The molecular weight excluding hydrogens is 300 g/mol. The first-order valence-electron chi connectivity index (χ1n) is 5.82. The average molecular weight is 315 g/mol. The fourth-order valence-electron chi connectivity index (χ4n) is 1.80. The van der Waals surface area contributed by atoms with Crippen LogP contribution in [0.15, 0.2) is 16.7 Å². The molecule has 5 nitrogen and oxygen atoms in total. The summed E-state index contributed by atoms with van der Waals surface area (Å²) >= 11 is 3.31. The van der Waals surface area contributed by atoms with Crippen LogP contribution in [0.25, 0.3) is 0 Å². The first-order chi connectivity index (χ1) is 8.70. The highest BCUT2D eigenvalue weighted by molar-refractivity contribution is 9.10. The van der Waals surface area contributed by atoms with Crippen molar-refractivity contribution in [2.45, 2.75) is 25.4 Å². The van der Waals surface area contributed by atoms with Gasteiger partial charge in [-0.2, -0.15) is 0 Å². The minimum absolute atomic E-state index is 0.147. The highest BCUT2D eigenvalue weighted by Gasteiger charge is 2.22. The molecule has 0 aliphatic carbocycles. The standard InChI is InChI=1S/C12H15BrN2O3/c1-17-10-6-11(14-7-8(10)13)15-12(16)9-4-2-3-5-18-9/h6-7,9H,2-5H2,1H3,(H,14,15,16).